The van der Waals surface area contributed by atoms with Crippen molar-refractivity contribution in [3.63, 3.8) is 0 Å². The van der Waals surface area contributed by atoms with E-state index >= 15 is 0 Å². The largest absolute Gasteiger partial charge is 0.371 e. The fourth-order valence-corrected chi connectivity index (χ4v) is 4.54. The summed E-state index contributed by atoms with van der Waals surface area (Å²) in [6.45, 7) is 8.36. The summed E-state index contributed by atoms with van der Waals surface area (Å²) in [6.07, 6.45) is 2.45. The molecule has 164 valence electrons. The number of nitrogens with one attached hydrogen (secondary N) is 1. The molecule has 1 atom stereocenters. The summed E-state index contributed by atoms with van der Waals surface area (Å²) < 4.78 is 0. The lowest BCUT2D eigenvalue weighted by Gasteiger charge is -2.44. The van der Waals surface area contributed by atoms with Gasteiger partial charge in [-0.15, -0.1) is 0 Å². The van der Waals surface area contributed by atoms with Crippen LogP contribution >= 0.6 is 0 Å². The minimum Gasteiger partial charge on any atom is -0.371 e. The molecule has 0 unspecified atom stereocenters. The molecular weight excluding hydrogens is 388 g/mol. The van der Waals surface area contributed by atoms with Crippen LogP contribution in [0.2, 0.25) is 0 Å². The summed E-state index contributed by atoms with van der Waals surface area (Å²) in [5.74, 6) is -0.248. The second kappa shape index (κ2) is 8.35. The van der Waals surface area contributed by atoms with E-state index in [4.69, 9.17) is 0 Å². The van der Waals surface area contributed by atoms with Crippen LogP contribution in [0.4, 0.5) is 17.1 Å². The SMILES string of the molecule is C[C@H](C(=O)N1c2ccccc2NC(=O)C1(C)C)N(C)Cc1ccccc1N1CCCC1. The first-order valence-electron chi connectivity index (χ1n) is 11.1. The molecule has 6 heteroatoms. The normalized spacial score (nSPS) is 18.7. The van der Waals surface area contributed by atoms with Crippen LogP contribution in [-0.2, 0) is 16.1 Å². The number of hydrogen-bond donors (Lipinski definition) is 1. The molecule has 2 aliphatic rings. The van der Waals surface area contributed by atoms with Gasteiger partial charge in [-0.3, -0.25) is 19.4 Å². The highest BCUT2D eigenvalue weighted by Crippen LogP contribution is 2.37. The lowest BCUT2D eigenvalue weighted by atomic mass is 9.95. The third-order valence-corrected chi connectivity index (χ3v) is 6.60. The maximum atomic E-state index is 13.7. The predicted molar refractivity (Wildman–Crippen MR) is 125 cm³/mol. The topological polar surface area (TPSA) is 55.9 Å². The van der Waals surface area contributed by atoms with Crippen LogP contribution in [-0.4, -0.2) is 48.4 Å². The van der Waals surface area contributed by atoms with Crippen molar-refractivity contribution < 1.29 is 9.59 Å². The predicted octanol–water partition coefficient (Wildman–Crippen LogP) is 3.87. The van der Waals surface area contributed by atoms with E-state index in [-0.39, 0.29) is 17.9 Å². The summed E-state index contributed by atoms with van der Waals surface area (Å²) in [6, 6.07) is 15.6. The minimum absolute atomic E-state index is 0.0755. The van der Waals surface area contributed by atoms with Crippen LogP contribution in [0.25, 0.3) is 0 Å². The van der Waals surface area contributed by atoms with Crippen molar-refractivity contribution in [2.75, 3.05) is 35.3 Å². The van der Waals surface area contributed by atoms with E-state index in [9.17, 15) is 9.59 Å². The number of benzene rings is 2. The van der Waals surface area contributed by atoms with Crippen LogP contribution in [0.1, 0.15) is 39.2 Å². The van der Waals surface area contributed by atoms with Gasteiger partial charge in [0.15, 0.2) is 0 Å². The third-order valence-electron chi connectivity index (χ3n) is 6.60. The Kier molecular flexibility index (Phi) is 5.75. The zero-order chi connectivity index (χ0) is 22.2. The number of carbonyl (C=O) groups is 2. The smallest absolute Gasteiger partial charge is 0.250 e. The second-order valence-electron chi connectivity index (χ2n) is 9.12. The van der Waals surface area contributed by atoms with E-state index in [0.717, 1.165) is 18.8 Å². The van der Waals surface area contributed by atoms with Crippen LogP contribution in [0, 0.1) is 0 Å². The molecule has 0 bridgehead atoms. The summed E-state index contributed by atoms with van der Waals surface area (Å²) in [5.41, 5.74) is 2.94. The van der Waals surface area contributed by atoms with Crippen molar-refractivity contribution in [1.29, 1.82) is 0 Å². The Balaban J connectivity index is 1.58. The van der Waals surface area contributed by atoms with Gasteiger partial charge in [0.2, 0.25) is 11.8 Å². The van der Waals surface area contributed by atoms with E-state index in [1.807, 2.05) is 38.2 Å². The maximum absolute atomic E-state index is 13.7. The average Bonchev–Trinajstić information content (AvgIpc) is 3.28. The first kappa shape index (κ1) is 21.4. The minimum atomic E-state index is -0.964. The van der Waals surface area contributed by atoms with Gasteiger partial charge in [0.1, 0.15) is 5.54 Å². The molecule has 0 spiro atoms. The van der Waals surface area contributed by atoms with Gasteiger partial charge in [0.05, 0.1) is 17.4 Å². The maximum Gasteiger partial charge on any atom is 0.250 e. The molecule has 0 radical (unpaired) electrons. The average molecular weight is 421 g/mol. The molecular formula is C25H32N4O2. The molecule has 0 saturated carbocycles. The lowest BCUT2D eigenvalue weighted by Crippen LogP contribution is -2.61. The highest BCUT2D eigenvalue weighted by Gasteiger charge is 2.45. The fourth-order valence-electron chi connectivity index (χ4n) is 4.54. The standard InChI is InChI=1S/C25H32N4O2/c1-18(27(4)17-19-11-5-7-13-21(19)28-15-9-10-16-28)23(30)29-22-14-8-6-12-20(22)26-24(31)25(29,2)3/h5-8,11-14,18H,9-10,15-17H2,1-4H3,(H,26,31)/t18-/m1/s1. The zero-order valence-electron chi connectivity index (χ0n) is 18.9. The van der Waals surface area contributed by atoms with Crippen molar-refractivity contribution in [3.8, 4) is 0 Å². The van der Waals surface area contributed by atoms with Crippen molar-refractivity contribution >= 4 is 28.9 Å². The van der Waals surface area contributed by atoms with Crippen LogP contribution in [0.3, 0.4) is 0 Å². The Morgan fingerprint density at radius 1 is 1.06 bits per heavy atom. The number of anilines is 3. The Hall–Kier alpha value is -2.86. The Labute approximate surface area is 184 Å². The first-order valence-corrected chi connectivity index (χ1v) is 11.1. The van der Waals surface area contributed by atoms with Crippen molar-refractivity contribution in [3.05, 3.63) is 54.1 Å². The molecule has 1 fully saturated rings. The molecule has 2 aromatic carbocycles. The fraction of sp³-hybridized carbons (Fsp3) is 0.440. The van der Waals surface area contributed by atoms with Crippen molar-refractivity contribution in [1.82, 2.24) is 4.90 Å². The van der Waals surface area contributed by atoms with Gasteiger partial charge in [-0.05, 0) is 64.4 Å². The van der Waals surface area contributed by atoms with Crippen molar-refractivity contribution in [2.24, 2.45) is 0 Å². The Morgan fingerprint density at radius 2 is 1.68 bits per heavy atom. The number of likely N-dealkylation sites (N-methyl/N-ethyl adjacent to an activating group) is 1. The van der Waals surface area contributed by atoms with Gasteiger partial charge in [-0.1, -0.05) is 30.3 Å². The van der Waals surface area contributed by atoms with E-state index in [0.29, 0.717) is 12.2 Å². The molecule has 6 nitrogen and oxygen atoms in total. The van der Waals surface area contributed by atoms with Crippen LogP contribution in [0.15, 0.2) is 48.5 Å². The van der Waals surface area contributed by atoms with Gasteiger partial charge in [0, 0.05) is 25.3 Å². The number of rotatable bonds is 5. The molecule has 0 aliphatic carbocycles. The molecule has 1 N–H and O–H groups in total. The first-order chi connectivity index (χ1) is 14.8. The van der Waals surface area contributed by atoms with Gasteiger partial charge in [-0.2, -0.15) is 0 Å². The molecule has 4 rings (SSSR count). The Morgan fingerprint density at radius 3 is 2.39 bits per heavy atom. The van der Waals surface area contributed by atoms with E-state index in [1.54, 1.807) is 18.7 Å². The summed E-state index contributed by atoms with van der Waals surface area (Å²) in [5, 5.41) is 2.93. The summed E-state index contributed by atoms with van der Waals surface area (Å²) in [4.78, 5) is 32.6. The molecule has 2 aromatic rings. The molecule has 1 saturated heterocycles. The summed E-state index contributed by atoms with van der Waals surface area (Å²) >= 11 is 0. The number of carbonyl (C=O) groups excluding carboxylic acids is 2. The van der Waals surface area contributed by atoms with E-state index < -0.39 is 5.54 Å². The molecule has 0 aromatic heterocycles. The molecule has 2 heterocycles. The third kappa shape index (κ3) is 3.92. The number of fused-ring (bicyclic) bond motifs is 1. The zero-order valence-corrected chi connectivity index (χ0v) is 18.9. The molecule has 31 heavy (non-hydrogen) atoms. The van der Waals surface area contributed by atoms with Crippen molar-refractivity contribution in [2.45, 2.75) is 51.7 Å². The van der Waals surface area contributed by atoms with Gasteiger partial charge >= 0.3 is 0 Å². The number of para-hydroxylation sites is 3. The van der Waals surface area contributed by atoms with Crippen LogP contribution in [0.5, 0.6) is 0 Å². The van der Waals surface area contributed by atoms with E-state index in [2.05, 4.69) is 39.4 Å². The Bertz CT molecular complexity index is 981. The monoisotopic (exact) mass is 420 g/mol. The number of nitrogens with zero attached hydrogens (tertiary/aromatic N) is 3. The molecule has 2 amide bonds. The van der Waals surface area contributed by atoms with Crippen LogP contribution < -0.4 is 15.1 Å². The number of amides is 2. The molecule has 2 aliphatic heterocycles. The van der Waals surface area contributed by atoms with Gasteiger partial charge in [-0.25, -0.2) is 0 Å². The van der Waals surface area contributed by atoms with Gasteiger partial charge < -0.3 is 10.2 Å². The highest BCUT2D eigenvalue weighted by atomic mass is 16.2. The second-order valence-corrected chi connectivity index (χ2v) is 9.12. The lowest BCUT2D eigenvalue weighted by molar-refractivity contribution is -0.129. The quantitative estimate of drug-likeness (QED) is 0.798. The van der Waals surface area contributed by atoms with E-state index in [1.165, 1.54) is 24.1 Å². The summed E-state index contributed by atoms with van der Waals surface area (Å²) in [7, 11) is 1.98. The number of hydrogen-bond acceptors (Lipinski definition) is 4. The highest BCUT2D eigenvalue weighted by molar-refractivity contribution is 6.15. The van der Waals surface area contributed by atoms with Gasteiger partial charge in [0.25, 0.3) is 0 Å².